The van der Waals surface area contributed by atoms with Crippen LogP contribution in [0.2, 0.25) is 0 Å². The van der Waals surface area contributed by atoms with Gasteiger partial charge in [0.05, 0.1) is 0 Å². The highest BCUT2D eigenvalue weighted by Crippen LogP contribution is 2.22. The highest BCUT2D eigenvalue weighted by Gasteiger charge is 2.27. The number of rotatable bonds is 4. The fourth-order valence-corrected chi connectivity index (χ4v) is 3.29. The minimum atomic E-state index is -3.66. The number of aryl methyl sites for hydroxylation is 1. The summed E-state index contributed by atoms with van der Waals surface area (Å²) in [5.41, 5.74) is -0.227. The number of carboxylic acid groups (broad SMARTS) is 1. The van der Waals surface area contributed by atoms with Crippen LogP contribution in [0.15, 0.2) is 17.2 Å². The van der Waals surface area contributed by atoms with Crippen molar-refractivity contribution < 1.29 is 18.3 Å². The van der Waals surface area contributed by atoms with Gasteiger partial charge in [-0.15, -0.1) is 0 Å². The third-order valence-electron chi connectivity index (χ3n) is 2.60. The molecule has 1 heterocycles. The second-order valence-corrected chi connectivity index (χ2v) is 7.84. The molecule has 108 valence electrons. The van der Waals surface area contributed by atoms with Crippen LogP contribution in [0.4, 0.5) is 0 Å². The minimum absolute atomic E-state index is 0.000787. The van der Waals surface area contributed by atoms with Gasteiger partial charge in [-0.2, -0.15) is 0 Å². The second kappa shape index (κ2) is 4.97. The number of sulfonamides is 1. The lowest BCUT2D eigenvalue weighted by atomic mass is 9.97. The van der Waals surface area contributed by atoms with Crippen molar-refractivity contribution in [3.05, 3.63) is 18.0 Å². The molecule has 7 heteroatoms. The van der Waals surface area contributed by atoms with E-state index in [9.17, 15) is 13.2 Å². The molecule has 19 heavy (non-hydrogen) atoms. The first-order valence-corrected chi connectivity index (χ1v) is 7.25. The quantitative estimate of drug-likeness (QED) is 0.908. The maximum atomic E-state index is 12.3. The average molecular weight is 288 g/mol. The fourth-order valence-electron chi connectivity index (χ4n) is 1.82. The van der Waals surface area contributed by atoms with Crippen LogP contribution in [0.25, 0.3) is 0 Å². The van der Waals surface area contributed by atoms with Gasteiger partial charge in [-0.05, 0) is 11.5 Å². The molecule has 1 N–H and O–H groups in total. The third-order valence-corrected chi connectivity index (χ3v) is 4.37. The number of hydrogen-bond acceptors (Lipinski definition) is 3. The van der Waals surface area contributed by atoms with Gasteiger partial charge in [0.2, 0.25) is 10.0 Å². The zero-order valence-electron chi connectivity index (χ0n) is 11.8. The first-order valence-electron chi connectivity index (χ1n) is 5.81. The van der Waals surface area contributed by atoms with Crippen molar-refractivity contribution in [1.82, 2.24) is 8.87 Å². The second-order valence-electron chi connectivity index (χ2n) is 5.80. The molecular weight excluding hydrogens is 268 g/mol. The molecule has 6 nitrogen and oxygen atoms in total. The number of carbonyl (C=O) groups is 1. The standard InChI is InChI=1S/C12H20N2O4S/c1-12(2,3)8-14(5)19(17,18)9-6-10(11(15)16)13(4)7-9/h6-7H,8H2,1-5H3,(H,15,16). The van der Waals surface area contributed by atoms with E-state index in [4.69, 9.17) is 5.11 Å². The molecule has 0 bridgehead atoms. The molecule has 0 aliphatic heterocycles. The third kappa shape index (κ3) is 3.57. The lowest BCUT2D eigenvalue weighted by Crippen LogP contribution is -2.34. The SMILES string of the molecule is CN(CC(C)(C)C)S(=O)(=O)c1cc(C(=O)O)n(C)c1. The van der Waals surface area contributed by atoms with Crippen LogP contribution in [-0.2, 0) is 17.1 Å². The molecule has 1 aromatic heterocycles. The number of carboxylic acids is 1. The summed E-state index contributed by atoms with van der Waals surface area (Å²) in [4.78, 5) is 10.9. The van der Waals surface area contributed by atoms with Crippen LogP contribution < -0.4 is 0 Å². The van der Waals surface area contributed by atoms with Crippen LogP contribution in [0.3, 0.4) is 0 Å². The molecule has 0 amide bonds. The predicted molar refractivity (Wildman–Crippen MR) is 71.6 cm³/mol. The topological polar surface area (TPSA) is 79.6 Å². The van der Waals surface area contributed by atoms with E-state index in [0.717, 1.165) is 0 Å². The number of nitrogens with zero attached hydrogens (tertiary/aromatic N) is 2. The van der Waals surface area contributed by atoms with Gasteiger partial charge in [0, 0.05) is 26.8 Å². The Morgan fingerprint density at radius 2 is 1.95 bits per heavy atom. The zero-order chi connectivity index (χ0) is 15.0. The summed E-state index contributed by atoms with van der Waals surface area (Å²) in [5.74, 6) is -1.15. The van der Waals surface area contributed by atoms with E-state index < -0.39 is 16.0 Å². The first kappa shape index (κ1) is 15.7. The zero-order valence-corrected chi connectivity index (χ0v) is 12.7. The molecule has 0 aliphatic carbocycles. The number of aromatic carboxylic acids is 1. The summed E-state index contributed by atoms with van der Waals surface area (Å²) < 4.78 is 27.2. The molecule has 0 saturated carbocycles. The monoisotopic (exact) mass is 288 g/mol. The summed E-state index contributed by atoms with van der Waals surface area (Å²) in [5, 5.41) is 8.94. The lowest BCUT2D eigenvalue weighted by Gasteiger charge is -2.25. The van der Waals surface area contributed by atoms with E-state index in [1.807, 2.05) is 20.8 Å². The van der Waals surface area contributed by atoms with Gasteiger partial charge in [0.25, 0.3) is 0 Å². The molecule has 0 radical (unpaired) electrons. The summed E-state index contributed by atoms with van der Waals surface area (Å²) >= 11 is 0. The van der Waals surface area contributed by atoms with Gasteiger partial charge < -0.3 is 9.67 Å². The predicted octanol–water partition coefficient (Wildman–Crippen LogP) is 1.39. The Morgan fingerprint density at radius 3 is 2.32 bits per heavy atom. The molecule has 1 rings (SSSR count). The van der Waals surface area contributed by atoms with Gasteiger partial charge >= 0.3 is 5.97 Å². The van der Waals surface area contributed by atoms with Gasteiger partial charge in [-0.3, -0.25) is 0 Å². The summed E-state index contributed by atoms with van der Waals surface area (Å²) in [6.45, 7) is 6.17. The van der Waals surface area contributed by atoms with Gasteiger partial charge in [-0.1, -0.05) is 20.8 Å². The van der Waals surface area contributed by atoms with E-state index in [1.54, 1.807) is 0 Å². The Morgan fingerprint density at radius 1 is 1.42 bits per heavy atom. The first-order chi connectivity index (χ1) is 8.45. The van der Waals surface area contributed by atoms with Crippen molar-refractivity contribution in [1.29, 1.82) is 0 Å². The van der Waals surface area contributed by atoms with E-state index >= 15 is 0 Å². The number of aromatic nitrogens is 1. The van der Waals surface area contributed by atoms with Gasteiger partial charge in [-0.25, -0.2) is 17.5 Å². The maximum Gasteiger partial charge on any atom is 0.352 e. The fraction of sp³-hybridized carbons (Fsp3) is 0.583. The molecule has 0 aliphatic rings. The van der Waals surface area contributed by atoms with Crippen LogP contribution in [0.1, 0.15) is 31.3 Å². The smallest absolute Gasteiger partial charge is 0.352 e. The molecular formula is C12H20N2O4S. The Balaban J connectivity index is 3.14. The summed E-state index contributed by atoms with van der Waals surface area (Å²) in [6.07, 6.45) is 1.32. The Hall–Kier alpha value is -1.34. The van der Waals surface area contributed by atoms with Crippen molar-refractivity contribution >= 4 is 16.0 Å². The highest BCUT2D eigenvalue weighted by atomic mass is 32.2. The van der Waals surface area contributed by atoms with Gasteiger partial charge in [0.1, 0.15) is 10.6 Å². The van der Waals surface area contributed by atoms with Gasteiger partial charge in [0.15, 0.2) is 0 Å². The lowest BCUT2D eigenvalue weighted by molar-refractivity contribution is 0.0686. The van der Waals surface area contributed by atoms with Crippen molar-refractivity contribution in [3.8, 4) is 0 Å². The molecule has 0 unspecified atom stereocenters. The molecule has 0 fully saturated rings. The highest BCUT2D eigenvalue weighted by molar-refractivity contribution is 7.89. The molecule has 0 atom stereocenters. The van der Waals surface area contributed by atoms with Crippen molar-refractivity contribution in [2.45, 2.75) is 25.7 Å². The average Bonchev–Trinajstić information content (AvgIpc) is 2.58. The minimum Gasteiger partial charge on any atom is -0.477 e. The Labute approximate surface area is 113 Å². The largest absolute Gasteiger partial charge is 0.477 e. The number of hydrogen-bond donors (Lipinski definition) is 1. The Bertz CT molecular complexity index is 581. The maximum absolute atomic E-state index is 12.3. The normalized spacial score (nSPS) is 12.9. The van der Waals surface area contributed by atoms with Crippen molar-refractivity contribution in [2.24, 2.45) is 12.5 Å². The van der Waals surface area contributed by atoms with E-state index in [0.29, 0.717) is 6.54 Å². The molecule has 0 aromatic carbocycles. The van der Waals surface area contributed by atoms with E-state index in [2.05, 4.69) is 0 Å². The molecule has 0 spiro atoms. The Kier molecular flexibility index (Phi) is 4.11. The van der Waals surface area contributed by atoms with Crippen LogP contribution in [-0.4, -0.2) is 42.0 Å². The summed E-state index contributed by atoms with van der Waals surface area (Å²) in [6, 6.07) is 1.18. The van der Waals surface area contributed by atoms with Crippen LogP contribution >= 0.6 is 0 Å². The molecule has 0 saturated heterocycles. The van der Waals surface area contributed by atoms with Crippen molar-refractivity contribution in [2.75, 3.05) is 13.6 Å². The van der Waals surface area contributed by atoms with E-state index in [-0.39, 0.29) is 16.0 Å². The molecule has 1 aromatic rings. The van der Waals surface area contributed by atoms with E-state index in [1.165, 1.54) is 35.2 Å². The van der Waals surface area contributed by atoms with Crippen LogP contribution in [0, 0.1) is 5.41 Å². The van der Waals surface area contributed by atoms with Crippen LogP contribution in [0.5, 0.6) is 0 Å². The summed E-state index contributed by atoms with van der Waals surface area (Å²) in [7, 11) is -0.658. The van der Waals surface area contributed by atoms with Crippen molar-refractivity contribution in [3.63, 3.8) is 0 Å².